The van der Waals surface area contributed by atoms with Crippen molar-refractivity contribution in [1.82, 2.24) is 14.9 Å². The first-order chi connectivity index (χ1) is 20.6. The van der Waals surface area contributed by atoms with Crippen LogP contribution >= 0.6 is 0 Å². The molecule has 1 saturated carbocycles. The lowest BCUT2D eigenvalue weighted by Gasteiger charge is -2.55. The molecule has 4 bridgehead atoms. The molecule has 2 atom stereocenters. The Morgan fingerprint density at radius 2 is 1.72 bits per heavy atom. The minimum Gasteiger partial charge on any atom is -0.477 e. The number of fused-ring (bicyclic) bond motifs is 4. The number of aromatic nitrogens is 2. The summed E-state index contributed by atoms with van der Waals surface area (Å²) in [7, 11) is -3.92. The molecule has 3 heterocycles. The van der Waals surface area contributed by atoms with E-state index in [2.05, 4.69) is 46.4 Å². The van der Waals surface area contributed by atoms with Crippen LogP contribution in [-0.4, -0.2) is 49.5 Å². The van der Waals surface area contributed by atoms with E-state index in [-0.39, 0.29) is 22.7 Å². The van der Waals surface area contributed by atoms with E-state index in [1.165, 1.54) is 38.8 Å². The fraction of sp³-hybridized carbons (Fsp3) is 0.543. The van der Waals surface area contributed by atoms with Crippen LogP contribution in [0, 0.1) is 37.0 Å². The number of nitrogens with one attached hydrogen (secondary N) is 1. The van der Waals surface area contributed by atoms with E-state index in [1.807, 2.05) is 50.2 Å². The quantitative estimate of drug-likeness (QED) is 0.332. The topological polar surface area (TPSA) is 84.4 Å². The fourth-order valence-electron chi connectivity index (χ4n) is 8.06. The molecule has 1 aromatic heterocycles. The Bertz CT molecular complexity index is 1550. The summed E-state index contributed by atoms with van der Waals surface area (Å²) in [6.07, 6.45) is 5.92. The van der Waals surface area contributed by atoms with Gasteiger partial charge < -0.3 is 9.64 Å². The highest BCUT2D eigenvalue weighted by Gasteiger charge is 2.50. The zero-order chi connectivity index (χ0) is 30.4. The Morgan fingerprint density at radius 3 is 2.40 bits per heavy atom. The van der Waals surface area contributed by atoms with Gasteiger partial charge in [-0.2, -0.15) is 4.98 Å². The standard InChI is InChI=1S/C35H46N4O3S/c1-6-39-15-13-35(14-16-39)20-28(21-35)33-26-11-8-12-29(18-26)43(40,41)38-34-36-30(32-24(4)9-7-10-25(32)5)19-31(37-34)42-22-27(33)17-23(2)3/h7-12,18-19,23,27-28,33H,6,13-17,20-22H2,1-5H3,(H,36,37,38)/t27-,33?/m1/s1. The van der Waals surface area contributed by atoms with Crippen molar-refractivity contribution in [3.8, 4) is 17.1 Å². The molecular formula is C35H46N4O3S. The number of nitrogens with zero attached hydrogens (tertiary/aromatic N) is 3. The van der Waals surface area contributed by atoms with Crippen LogP contribution in [0.3, 0.4) is 0 Å². The summed E-state index contributed by atoms with van der Waals surface area (Å²) < 4.78 is 36.7. The second-order valence-electron chi connectivity index (χ2n) is 13.7. The molecule has 3 aromatic rings. The predicted octanol–water partition coefficient (Wildman–Crippen LogP) is 7.21. The molecule has 1 aliphatic carbocycles. The minimum absolute atomic E-state index is 0.0254. The second-order valence-corrected chi connectivity index (χ2v) is 15.4. The number of hydrogen-bond donors (Lipinski definition) is 1. The number of hydrogen-bond acceptors (Lipinski definition) is 6. The van der Waals surface area contributed by atoms with Crippen LogP contribution in [0.15, 0.2) is 53.4 Å². The van der Waals surface area contributed by atoms with Crippen LogP contribution in [0.2, 0.25) is 0 Å². The molecule has 2 aliphatic heterocycles. The van der Waals surface area contributed by atoms with Gasteiger partial charge in [0.25, 0.3) is 10.0 Å². The van der Waals surface area contributed by atoms with Gasteiger partial charge in [0.1, 0.15) is 0 Å². The van der Waals surface area contributed by atoms with Gasteiger partial charge in [-0.15, -0.1) is 0 Å². The lowest BCUT2D eigenvalue weighted by atomic mass is 9.52. The summed E-state index contributed by atoms with van der Waals surface area (Å²) >= 11 is 0. The molecule has 1 N–H and O–H groups in total. The molecule has 2 aromatic carbocycles. The Morgan fingerprint density at radius 1 is 1.02 bits per heavy atom. The van der Waals surface area contributed by atoms with Gasteiger partial charge in [0, 0.05) is 17.5 Å². The third-order valence-electron chi connectivity index (χ3n) is 10.2. The Balaban J connectivity index is 1.40. The first-order valence-electron chi connectivity index (χ1n) is 16.0. The molecule has 0 amide bonds. The lowest BCUT2D eigenvalue weighted by Crippen LogP contribution is -2.49. The van der Waals surface area contributed by atoms with Gasteiger partial charge in [-0.25, -0.2) is 18.1 Å². The van der Waals surface area contributed by atoms with Gasteiger partial charge in [0.15, 0.2) is 0 Å². The van der Waals surface area contributed by atoms with E-state index in [1.54, 1.807) is 6.07 Å². The summed E-state index contributed by atoms with van der Waals surface area (Å²) in [5.41, 5.74) is 5.28. The molecular weight excluding hydrogens is 556 g/mol. The SMILES string of the molecule is CCN1CCC2(CC1)CC(C1c3cccc(c3)S(=O)(=O)Nc3nc(cc(-c4c(C)cccc4C)n3)OC[C@H]1CC(C)C)C2. The number of ether oxygens (including phenoxy) is 1. The first-order valence-corrected chi connectivity index (χ1v) is 17.5. The predicted molar refractivity (Wildman–Crippen MR) is 172 cm³/mol. The number of aryl methyl sites for hydroxylation is 2. The van der Waals surface area contributed by atoms with Crippen LogP contribution < -0.4 is 9.46 Å². The molecule has 43 heavy (non-hydrogen) atoms. The Labute approximate surface area is 257 Å². The Kier molecular flexibility index (Phi) is 8.28. The van der Waals surface area contributed by atoms with Crippen molar-refractivity contribution in [3.05, 3.63) is 65.2 Å². The van der Waals surface area contributed by atoms with Crippen LogP contribution in [0.5, 0.6) is 5.88 Å². The molecule has 1 saturated heterocycles. The summed E-state index contributed by atoms with van der Waals surface area (Å²) in [6.45, 7) is 14.9. The van der Waals surface area contributed by atoms with E-state index in [4.69, 9.17) is 4.74 Å². The minimum atomic E-state index is -3.92. The van der Waals surface area contributed by atoms with Gasteiger partial charge in [-0.3, -0.25) is 0 Å². The maximum absolute atomic E-state index is 13.8. The molecule has 0 radical (unpaired) electrons. The monoisotopic (exact) mass is 602 g/mol. The van der Waals surface area contributed by atoms with Gasteiger partial charge in [0.05, 0.1) is 17.2 Å². The smallest absolute Gasteiger partial charge is 0.264 e. The number of rotatable bonds is 5. The van der Waals surface area contributed by atoms with Crippen molar-refractivity contribution in [2.24, 2.45) is 23.2 Å². The third kappa shape index (κ3) is 6.18. The van der Waals surface area contributed by atoms with E-state index >= 15 is 0 Å². The summed E-state index contributed by atoms with van der Waals surface area (Å²) in [6, 6.07) is 15.6. The largest absolute Gasteiger partial charge is 0.477 e. The van der Waals surface area contributed by atoms with Gasteiger partial charge >= 0.3 is 0 Å². The van der Waals surface area contributed by atoms with Crippen LogP contribution in [0.4, 0.5) is 5.95 Å². The highest BCUT2D eigenvalue weighted by Crippen LogP contribution is 2.59. The van der Waals surface area contributed by atoms with Crippen molar-refractivity contribution in [2.75, 3.05) is 31.0 Å². The van der Waals surface area contributed by atoms with E-state index < -0.39 is 10.0 Å². The van der Waals surface area contributed by atoms with Crippen molar-refractivity contribution in [1.29, 1.82) is 0 Å². The number of piperidine rings is 1. The number of anilines is 1. The Hall–Kier alpha value is -2.97. The molecule has 7 nitrogen and oxygen atoms in total. The van der Waals surface area contributed by atoms with E-state index in [9.17, 15) is 8.42 Å². The zero-order valence-corrected chi connectivity index (χ0v) is 27.1. The number of benzene rings is 2. The molecule has 230 valence electrons. The summed E-state index contributed by atoms with van der Waals surface area (Å²) in [5.74, 6) is 1.85. The van der Waals surface area contributed by atoms with E-state index in [0.29, 0.717) is 35.4 Å². The average Bonchev–Trinajstić information content (AvgIpc) is 2.94. The average molecular weight is 603 g/mol. The molecule has 6 rings (SSSR count). The van der Waals surface area contributed by atoms with Crippen molar-refractivity contribution < 1.29 is 13.2 Å². The maximum atomic E-state index is 13.8. The highest BCUT2D eigenvalue weighted by atomic mass is 32.2. The van der Waals surface area contributed by atoms with E-state index in [0.717, 1.165) is 35.2 Å². The number of sulfonamides is 1. The van der Waals surface area contributed by atoms with Crippen molar-refractivity contribution >= 4 is 16.0 Å². The van der Waals surface area contributed by atoms with Gasteiger partial charge in [-0.1, -0.05) is 51.1 Å². The first kappa shape index (κ1) is 30.1. The van der Waals surface area contributed by atoms with Gasteiger partial charge in [0.2, 0.25) is 11.8 Å². The molecule has 1 unspecified atom stereocenters. The molecule has 2 fully saturated rings. The normalized spacial score (nSPS) is 23.5. The highest BCUT2D eigenvalue weighted by molar-refractivity contribution is 7.92. The van der Waals surface area contributed by atoms with Crippen LogP contribution in [0.25, 0.3) is 11.3 Å². The third-order valence-corrected chi connectivity index (χ3v) is 11.5. The second kappa shape index (κ2) is 11.8. The lowest BCUT2D eigenvalue weighted by molar-refractivity contribution is -0.0356. The van der Waals surface area contributed by atoms with Crippen molar-refractivity contribution in [3.63, 3.8) is 0 Å². The molecule has 1 spiro atoms. The van der Waals surface area contributed by atoms with Crippen LogP contribution in [-0.2, 0) is 10.0 Å². The van der Waals surface area contributed by atoms with Gasteiger partial charge in [-0.05, 0) is 118 Å². The summed E-state index contributed by atoms with van der Waals surface area (Å²) in [4.78, 5) is 12.0. The fourth-order valence-corrected chi connectivity index (χ4v) is 9.06. The van der Waals surface area contributed by atoms with Crippen LogP contribution in [0.1, 0.15) is 75.5 Å². The summed E-state index contributed by atoms with van der Waals surface area (Å²) in [5, 5.41) is 0. The maximum Gasteiger partial charge on any atom is 0.264 e. The zero-order valence-electron chi connectivity index (χ0n) is 26.3. The molecule has 8 heteroatoms. The molecule has 3 aliphatic rings. The number of likely N-dealkylation sites (tertiary alicyclic amines) is 1. The van der Waals surface area contributed by atoms with Crippen molar-refractivity contribution in [2.45, 2.75) is 77.5 Å².